The molecule has 0 aromatic heterocycles. The van der Waals surface area contributed by atoms with Gasteiger partial charge in [-0.1, -0.05) is 129 Å². The van der Waals surface area contributed by atoms with Gasteiger partial charge in [0, 0.05) is 19.2 Å². The van der Waals surface area contributed by atoms with Gasteiger partial charge in [-0.2, -0.15) is 0 Å². The van der Waals surface area contributed by atoms with Crippen LogP contribution in [0.2, 0.25) is 16.6 Å². The van der Waals surface area contributed by atoms with Gasteiger partial charge in [0.25, 0.3) is 14.2 Å². The zero-order valence-corrected chi connectivity index (χ0v) is 31.0. The van der Waals surface area contributed by atoms with E-state index in [1.54, 1.807) is 24.3 Å². The Labute approximate surface area is 286 Å². The van der Waals surface area contributed by atoms with Crippen LogP contribution in [-0.4, -0.2) is 32.3 Å². The molecule has 0 aliphatic heterocycles. The molecule has 5 nitrogen and oxygen atoms in total. The van der Waals surface area contributed by atoms with Crippen molar-refractivity contribution in [2.45, 2.75) is 122 Å². The van der Waals surface area contributed by atoms with Crippen LogP contribution in [0.3, 0.4) is 0 Å². The summed E-state index contributed by atoms with van der Waals surface area (Å²) in [6.45, 7) is 20.2. The third-order valence-electron chi connectivity index (χ3n) is 10.6. The second kappa shape index (κ2) is 15.7. The first-order valence-electron chi connectivity index (χ1n) is 18.1. The molecule has 0 radical (unpaired) electrons. The molecule has 1 aliphatic rings. The van der Waals surface area contributed by atoms with Crippen molar-refractivity contribution >= 4 is 20.2 Å². The maximum Gasteiger partial charge on any atom is 0.329 e. The molecular weight excluding hydrogens is 600 g/mol. The number of hydrogen-bond acceptors (Lipinski definition) is 4. The first kappa shape index (κ1) is 34.9. The highest BCUT2D eigenvalue weighted by molar-refractivity contribution is 6.78. The van der Waals surface area contributed by atoms with Gasteiger partial charge in [-0.3, -0.25) is 4.79 Å². The Morgan fingerprint density at radius 2 is 1.40 bits per heavy atom. The average molecular weight is 658 g/mol. The highest BCUT2D eigenvalue weighted by atomic mass is 28.4. The summed E-state index contributed by atoms with van der Waals surface area (Å²) in [5, 5.41) is 2.89. The van der Waals surface area contributed by atoms with Crippen LogP contribution in [0, 0.1) is 11.8 Å². The summed E-state index contributed by atoms with van der Waals surface area (Å²) in [5.41, 5.74) is 3.29. The zero-order chi connectivity index (χ0) is 35.2. The van der Waals surface area contributed by atoms with E-state index in [1.165, 1.54) is 5.56 Å². The fourth-order valence-electron chi connectivity index (χ4n) is 7.97. The van der Waals surface area contributed by atoms with Crippen molar-refractivity contribution in [3.05, 3.63) is 102 Å². The monoisotopic (exact) mass is 657 g/mol. The molecule has 0 bridgehead atoms. The van der Waals surface area contributed by atoms with E-state index in [4.69, 9.17) is 9.16 Å². The fraction of sp³-hybridized carbons (Fsp3) is 0.512. The summed E-state index contributed by atoms with van der Waals surface area (Å²) in [5.74, 6) is 0.301. The largest absolute Gasteiger partial charge is 0.543 e. The number of ether oxygens (including phenoxy) is 1. The predicted octanol–water partition coefficient (Wildman–Crippen LogP) is 9.91. The molecule has 0 spiro atoms. The van der Waals surface area contributed by atoms with E-state index < -0.39 is 32.6 Å². The van der Waals surface area contributed by atoms with E-state index in [9.17, 15) is 11.0 Å². The van der Waals surface area contributed by atoms with Gasteiger partial charge in [0.15, 0.2) is 0 Å². The van der Waals surface area contributed by atoms with E-state index in [1.807, 2.05) is 36.4 Å². The van der Waals surface area contributed by atoms with E-state index in [0.29, 0.717) is 33.7 Å². The van der Waals surface area contributed by atoms with Crippen LogP contribution in [0.25, 0.3) is 0 Å². The van der Waals surface area contributed by atoms with Gasteiger partial charge < -0.3 is 14.5 Å². The van der Waals surface area contributed by atoms with Gasteiger partial charge in [0.1, 0.15) is 17.9 Å². The summed E-state index contributed by atoms with van der Waals surface area (Å²) in [7, 11) is -2.17. The fourth-order valence-corrected chi connectivity index (χ4v) is 13.2. The van der Waals surface area contributed by atoms with Crippen LogP contribution >= 0.6 is 0 Å². The Morgan fingerprint density at radius 3 is 1.96 bits per heavy atom. The number of rotatable bonds is 13. The number of nitrogens with one attached hydrogen (secondary N) is 1. The highest BCUT2D eigenvalue weighted by Gasteiger charge is 2.47. The number of carbonyl (C=O) groups is 2. The Kier molecular flexibility index (Phi) is 11.7. The van der Waals surface area contributed by atoms with Gasteiger partial charge in [0.2, 0.25) is 0 Å². The van der Waals surface area contributed by atoms with Gasteiger partial charge >= 0.3 is 5.97 Å². The molecular formula is C41H57NO4Si. The van der Waals surface area contributed by atoms with Crippen LogP contribution in [0.5, 0.6) is 5.75 Å². The minimum atomic E-state index is -2.17. The van der Waals surface area contributed by atoms with Crippen molar-refractivity contribution < 1.29 is 20.1 Å². The van der Waals surface area contributed by atoms with Gasteiger partial charge in [0.05, 0.1) is 0 Å². The first-order chi connectivity index (χ1) is 22.7. The van der Waals surface area contributed by atoms with Crippen LogP contribution < -0.4 is 9.74 Å². The molecule has 3 aromatic carbocycles. The number of benzene rings is 3. The molecule has 1 aliphatic carbocycles. The summed E-state index contributed by atoms with van der Waals surface area (Å²) >= 11 is 0. The minimum Gasteiger partial charge on any atom is -0.543 e. The Morgan fingerprint density at radius 1 is 0.851 bits per heavy atom. The average Bonchev–Trinajstić information content (AvgIpc) is 3.06. The quantitative estimate of drug-likeness (QED) is 0.113. The van der Waals surface area contributed by atoms with E-state index in [-0.39, 0.29) is 17.4 Å². The molecule has 3 aromatic rings. The number of esters is 1. The molecule has 1 saturated carbocycles. The van der Waals surface area contributed by atoms with Gasteiger partial charge in [-0.25, -0.2) is 4.79 Å². The topological polar surface area (TPSA) is 64.6 Å². The maximum atomic E-state index is 14.2. The molecule has 47 heavy (non-hydrogen) atoms. The molecule has 1 N–H and O–H groups in total. The number of hydrogen-bond donors (Lipinski definition) is 1. The lowest BCUT2D eigenvalue weighted by Gasteiger charge is -2.44. The van der Waals surface area contributed by atoms with Gasteiger partial charge in [-0.05, 0) is 76.2 Å². The normalized spacial score (nSPS) is 20.4. The molecule has 1 amide bonds. The van der Waals surface area contributed by atoms with Crippen molar-refractivity contribution in [2.24, 2.45) is 11.8 Å². The van der Waals surface area contributed by atoms with Crippen molar-refractivity contribution in [1.29, 1.82) is 0 Å². The SMILES string of the molecule is [2H][C@@H](c1ccc(O[Si](C(C)C)(C(C)C)C(C)C)cc1)[C@H]([15NH]C(=O)c1ccccc1)C(=O)O[C@@H]1C[C@H](C)CC[C@H]1C(C)(C)c1ccccc1. The maximum absolute atomic E-state index is 14.2. The van der Waals surface area contributed by atoms with Crippen LogP contribution in [0.15, 0.2) is 84.9 Å². The zero-order valence-electron chi connectivity index (χ0n) is 31.0. The third kappa shape index (κ3) is 8.56. The molecule has 0 unspecified atom stereocenters. The lowest BCUT2D eigenvalue weighted by Crippen LogP contribution is -2.50. The molecule has 0 heterocycles. The minimum absolute atomic E-state index is 0.0958. The van der Waals surface area contributed by atoms with E-state index >= 15 is 0 Å². The van der Waals surface area contributed by atoms with Crippen molar-refractivity contribution in [3.8, 4) is 5.75 Å². The molecule has 6 heteroatoms. The van der Waals surface area contributed by atoms with Crippen molar-refractivity contribution in [2.75, 3.05) is 0 Å². The van der Waals surface area contributed by atoms with Crippen LogP contribution in [0.1, 0.15) is 104 Å². The standard InChI is InChI=1S/C41H57NO4Si/c1-28(2)47(29(3)4,30(5)6)46-35-23-21-32(22-24-35)27-37(42-39(43)33-16-12-10-13-17-33)40(44)45-38-26-31(7)20-25-36(38)41(8,9)34-18-14-11-15-19-34/h10-19,21-24,28-31,36-38H,20,25-27H2,1-9H3,(H,42,43)/t31-,36-,37+,38-/m1/s1/i27D,42+1/t27-,31+,36+,37-,38+/m0. The van der Waals surface area contributed by atoms with E-state index in [0.717, 1.165) is 25.0 Å². The summed E-state index contributed by atoms with van der Waals surface area (Å²) in [4.78, 5) is 27.6. The van der Waals surface area contributed by atoms with Crippen molar-refractivity contribution in [3.63, 3.8) is 0 Å². The molecule has 254 valence electrons. The second-order valence-corrected chi connectivity index (χ2v) is 20.4. The Balaban J connectivity index is 1.63. The Bertz CT molecular complexity index is 1450. The molecule has 5 atom stereocenters. The number of amides is 1. The Hall–Kier alpha value is -3.38. The smallest absolute Gasteiger partial charge is 0.329 e. The molecule has 4 rings (SSSR count). The van der Waals surface area contributed by atoms with Crippen LogP contribution in [-0.2, 0) is 21.3 Å². The summed E-state index contributed by atoms with van der Waals surface area (Å²) in [6.07, 6.45) is 1.32. The number of carbonyl (C=O) groups excluding carboxylic acids is 2. The first-order valence-corrected chi connectivity index (χ1v) is 19.7. The lowest BCUT2D eigenvalue weighted by molar-refractivity contribution is -0.159. The highest BCUT2D eigenvalue weighted by Crippen LogP contribution is 2.44. The van der Waals surface area contributed by atoms with E-state index in [2.05, 4.69) is 91.9 Å². The van der Waals surface area contributed by atoms with Gasteiger partial charge in [-0.15, -0.1) is 0 Å². The van der Waals surface area contributed by atoms with Crippen LogP contribution in [0.4, 0.5) is 0 Å². The summed E-state index contributed by atoms with van der Waals surface area (Å²) < 4.78 is 22.6. The third-order valence-corrected chi connectivity index (χ3v) is 16.6. The predicted molar refractivity (Wildman–Crippen MR) is 195 cm³/mol. The lowest BCUT2D eigenvalue weighted by atomic mass is 9.64. The summed E-state index contributed by atoms with van der Waals surface area (Å²) in [6, 6.07) is 25.6. The van der Waals surface area contributed by atoms with Crippen molar-refractivity contribution in [1.82, 2.24) is 5.32 Å². The molecule has 1 fully saturated rings. The second-order valence-electron chi connectivity index (χ2n) is 15.1. The molecule has 0 saturated heterocycles.